The van der Waals surface area contributed by atoms with Gasteiger partial charge in [-0.15, -0.1) is 0 Å². The summed E-state index contributed by atoms with van der Waals surface area (Å²) in [6.07, 6.45) is 5.26. The minimum atomic E-state index is -0.711. The summed E-state index contributed by atoms with van der Waals surface area (Å²) in [5.74, 6) is 0. The summed E-state index contributed by atoms with van der Waals surface area (Å²) in [7, 11) is 1.02. The molecule has 1 aliphatic rings. The van der Waals surface area contributed by atoms with E-state index >= 15 is 0 Å². The number of H-pyrrole nitrogens is 1. The summed E-state index contributed by atoms with van der Waals surface area (Å²) >= 11 is 0. The van der Waals surface area contributed by atoms with Gasteiger partial charge in [-0.05, 0) is 6.07 Å². The van der Waals surface area contributed by atoms with E-state index in [1.165, 1.54) is 4.92 Å². The maximum atomic E-state index is 9.89. The molecule has 0 radical (unpaired) electrons. The highest BCUT2D eigenvalue weighted by Crippen LogP contribution is 2.14. The molecule has 0 saturated heterocycles. The molecule has 15 heavy (non-hydrogen) atoms. The molecule has 1 aliphatic heterocycles. The Morgan fingerprint density at radius 2 is 2.40 bits per heavy atom. The van der Waals surface area contributed by atoms with E-state index in [0.717, 1.165) is 22.1 Å². The lowest BCUT2D eigenvalue weighted by Crippen LogP contribution is -2.48. The molecule has 0 aliphatic carbocycles. The number of hydrazone groups is 1. The van der Waals surface area contributed by atoms with Crippen LogP contribution in [-0.2, 0) is 0 Å². The number of aromatic nitrogens is 2. The second kappa shape index (κ2) is 2.84. The van der Waals surface area contributed by atoms with Gasteiger partial charge < -0.3 is 14.9 Å². The van der Waals surface area contributed by atoms with Crippen molar-refractivity contribution in [3.8, 4) is 0 Å². The van der Waals surface area contributed by atoms with E-state index < -0.39 is 7.05 Å². The Morgan fingerprint density at radius 3 is 3.27 bits per heavy atom. The summed E-state index contributed by atoms with van der Waals surface area (Å²) in [5, 5.41) is 15.0. The molecule has 74 valence electrons. The van der Waals surface area contributed by atoms with Crippen molar-refractivity contribution in [2.45, 2.75) is 0 Å². The summed E-state index contributed by atoms with van der Waals surface area (Å²) in [4.78, 5) is 8.77. The Labute approximate surface area is 86.6 Å². The first-order valence-corrected chi connectivity index (χ1v) is 4.68. The Kier molecular flexibility index (Phi) is 1.61. The van der Waals surface area contributed by atoms with Crippen LogP contribution in [0.1, 0.15) is 5.56 Å². The molecule has 2 aromatic heterocycles. The maximum absolute atomic E-state index is 9.89. The monoisotopic (exact) mass is 200 g/mol. The zero-order valence-corrected chi connectivity index (χ0v) is 8.18. The molecule has 0 atom stereocenters. The Hall–Kier alpha value is -1.82. The van der Waals surface area contributed by atoms with E-state index in [0.29, 0.717) is 0 Å². The third-order valence-corrected chi connectivity index (χ3v) is 2.66. The number of fused-ring (bicyclic) bond motifs is 3. The van der Waals surface area contributed by atoms with E-state index in [4.69, 9.17) is 0 Å². The zero-order valence-electron chi connectivity index (χ0n) is 8.18. The first-order chi connectivity index (χ1) is 7.27. The van der Waals surface area contributed by atoms with Crippen molar-refractivity contribution in [1.82, 2.24) is 14.9 Å². The predicted octanol–water partition coefficient (Wildman–Crippen LogP) is -0.470. The molecule has 0 bridgehead atoms. The number of rotatable bonds is 0. The normalized spacial score (nSPS) is 14.8. The summed E-state index contributed by atoms with van der Waals surface area (Å²) in [6, 6.07) is 1.94. The number of pyridine rings is 1. The first-order valence-electron chi connectivity index (χ1n) is 4.68. The van der Waals surface area contributed by atoms with Crippen molar-refractivity contribution in [2.24, 2.45) is 5.10 Å². The quantitative estimate of drug-likeness (QED) is 0.565. The van der Waals surface area contributed by atoms with Crippen LogP contribution >= 0.6 is 0 Å². The lowest BCUT2D eigenvalue weighted by molar-refractivity contribution is 0.442. The second-order valence-electron chi connectivity index (χ2n) is 3.56. The highest BCUT2D eigenvalue weighted by atomic mass is 16.2. The van der Waals surface area contributed by atoms with Crippen LogP contribution in [0.2, 0.25) is 0 Å². The fourth-order valence-electron chi connectivity index (χ4n) is 1.81. The van der Waals surface area contributed by atoms with E-state index in [-0.39, 0.29) is 0 Å². The van der Waals surface area contributed by atoms with Crippen molar-refractivity contribution in [1.29, 1.82) is 0 Å². The van der Waals surface area contributed by atoms with Crippen LogP contribution < -0.4 is 5.46 Å². The molecule has 0 spiro atoms. The third-order valence-electron chi connectivity index (χ3n) is 2.66. The molecule has 0 amide bonds. The molecule has 0 unspecified atom stereocenters. The Morgan fingerprint density at radius 1 is 1.53 bits per heavy atom. The number of nitrogens with one attached hydrogen (secondary N) is 1. The molecular weight excluding hydrogens is 191 g/mol. The van der Waals surface area contributed by atoms with Gasteiger partial charge in [0.15, 0.2) is 0 Å². The fraction of sp³-hybridized carbons (Fsp3) is 0.111. The highest BCUT2D eigenvalue weighted by molar-refractivity contribution is 6.65. The SMILES string of the molecule is CN1N=Cc2c(cnc3[nH]ccc23)B1O. The van der Waals surface area contributed by atoms with E-state index in [2.05, 4.69) is 15.1 Å². The molecule has 5 nitrogen and oxygen atoms in total. The first kappa shape index (κ1) is 8.49. The number of aromatic amines is 1. The van der Waals surface area contributed by atoms with Gasteiger partial charge >= 0.3 is 7.05 Å². The maximum Gasteiger partial charge on any atom is 0.468 e. The molecule has 2 aromatic rings. The molecule has 3 heterocycles. The molecule has 0 aromatic carbocycles. The van der Waals surface area contributed by atoms with Crippen LogP contribution in [0.4, 0.5) is 0 Å². The number of nitrogens with zero attached hydrogens (tertiary/aromatic N) is 3. The van der Waals surface area contributed by atoms with Crippen LogP contribution in [-0.4, -0.2) is 40.2 Å². The molecule has 0 fully saturated rings. The molecule has 2 N–H and O–H groups in total. The molecular formula is C9H9BN4O. The van der Waals surface area contributed by atoms with Gasteiger partial charge in [-0.1, -0.05) is 0 Å². The minimum Gasteiger partial charge on any atom is -0.428 e. The predicted molar refractivity (Wildman–Crippen MR) is 59.1 cm³/mol. The van der Waals surface area contributed by atoms with Crippen molar-refractivity contribution < 1.29 is 5.02 Å². The Bertz CT molecular complexity index is 550. The van der Waals surface area contributed by atoms with Gasteiger partial charge in [-0.25, -0.2) is 4.98 Å². The van der Waals surface area contributed by atoms with Crippen molar-refractivity contribution >= 4 is 29.8 Å². The van der Waals surface area contributed by atoms with Crippen LogP contribution in [0.15, 0.2) is 23.6 Å². The van der Waals surface area contributed by atoms with Gasteiger partial charge in [-0.2, -0.15) is 5.10 Å². The van der Waals surface area contributed by atoms with Gasteiger partial charge in [0.1, 0.15) is 5.65 Å². The van der Waals surface area contributed by atoms with Crippen LogP contribution in [0.25, 0.3) is 11.0 Å². The van der Waals surface area contributed by atoms with Crippen LogP contribution in [0.5, 0.6) is 0 Å². The minimum absolute atomic E-state index is 0.711. The standard InChI is InChI=1S/C9H9BN4O/c1-14-10(15)8-5-12-9-6(2-3-11-9)7(8)4-13-14/h2-5,15H,1H3,(H,11,12). The zero-order chi connectivity index (χ0) is 10.4. The number of hydrogen-bond donors (Lipinski definition) is 2. The van der Waals surface area contributed by atoms with E-state index in [1.807, 2.05) is 12.3 Å². The molecule has 0 saturated carbocycles. The fourth-order valence-corrected chi connectivity index (χ4v) is 1.81. The largest absolute Gasteiger partial charge is 0.468 e. The average molecular weight is 200 g/mol. The number of hydrogen-bond acceptors (Lipinski definition) is 4. The van der Waals surface area contributed by atoms with Crippen LogP contribution in [0.3, 0.4) is 0 Å². The third kappa shape index (κ3) is 1.08. The van der Waals surface area contributed by atoms with Gasteiger partial charge in [0.2, 0.25) is 0 Å². The van der Waals surface area contributed by atoms with E-state index in [9.17, 15) is 5.02 Å². The highest BCUT2D eigenvalue weighted by Gasteiger charge is 2.27. The van der Waals surface area contributed by atoms with Crippen molar-refractivity contribution in [3.05, 3.63) is 24.0 Å². The van der Waals surface area contributed by atoms with E-state index in [1.54, 1.807) is 19.5 Å². The van der Waals surface area contributed by atoms with Crippen molar-refractivity contribution in [2.75, 3.05) is 7.05 Å². The van der Waals surface area contributed by atoms with Gasteiger partial charge in [0.05, 0.1) is 6.21 Å². The molecule has 6 heteroatoms. The smallest absolute Gasteiger partial charge is 0.428 e. The summed E-state index contributed by atoms with van der Waals surface area (Å²) < 4.78 is 0. The topological polar surface area (TPSA) is 64.5 Å². The summed E-state index contributed by atoms with van der Waals surface area (Å²) in [6.45, 7) is 0. The lowest BCUT2D eigenvalue weighted by atomic mass is 9.70. The Balaban J connectivity index is 2.34. The van der Waals surface area contributed by atoms with Crippen molar-refractivity contribution in [3.63, 3.8) is 0 Å². The average Bonchev–Trinajstić information content (AvgIpc) is 2.71. The molecule has 3 rings (SSSR count). The lowest BCUT2D eigenvalue weighted by Gasteiger charge is -2.22. The van der Waals surface area contributed by atoms with Crippen LogP contribution in [0, 0.1) is 0 Å². The van der Waals surface area contributed by atoms with Gasteiger partial charge in [-0.3, -0.25) is 0 Å². The summed E-state index contributed by atoms with van der Waals surface area (Å²) in [5.41, 5.74) is 2.54. The van der Waals surface area contributed by atoms with Gasteiger partial charge in [0.25, 0.3) is 0 Å². The van der Waals surface area contributed by atoms with Gasteiger partial charge in [0, 0.05) is 35.9 Å². The second-order valence-corrected chi connectivity index (χ2v) is 3.56.